The smallest absolute Gasteiger partial charge is 0.217 e. The molecule has 5 heterocycles. The lowest BCUT2D eigenvalue weighted by Gasteiger charge is -2.49. The lowest BCUT2D eigenvalue weighted by Crippen LogP contribution is -2.68. The summed E-state index contributed by atoms with van der Waals surface area (Å²) in [5.74, 6) is -0.669. The fraction of sp³-hybridized carbons (Fsp3) is 0.969. The van der Waals surface area contributed by atoms with Gasteiger partial charge in [0, 0.05) is 19.8 Å². The van der Waals surface area contributed by atoms with E-state index in [0.29, 0.717) is 0 Å². The SMILES string of the molecule is CC(=O)N[C@H]1C(O)O[C@H](CO)[C@@H](O)[C@@H]1O[C@H]1O[C@H](CO)[C@H](O[C@H]2O[C@H](CO[C@@H]3O[C@@H](C)[C@@H](O)C[C@@H]3O)[C@@H](O)[C@H](O[C@@H]3O[C@@H](C)[C@@H](O)C[C@@H]3O)[C@H]2O)[C@H](O)[C@H]1O. The molecule has 0 aromatic rings. The molecular weight excluding hydrogens is 750 g/mol. The number of hydrogen-bond acceptors (Lipinski definition) is 22. The number of aliphatic hydroxyl groups is 12. The summed E-state index contributed by atoms with van der Waals surface area (Å²) in [6.45, 7) is 1.93. The van der Waals surface area contributed by atoms with E-state index in [1.807, 2.05) is 0 Å². The fourth-order valence-electron chi connectivity index (χ4n) is 7.09. The van der Waals surface area contributed by atoms with Crippen molar-refractivity contribution in [3.05, 3.63) is 0 Å². The highest BCUT2D eigenvalue weighted by Gasteiger charge is 2.55. The molecule has 0 spiro atoms. The number of rotatable bonds is 12. The van der Waals surface area contributed by atoms with Crippen molar-refractivity contribution in [3.63, 3.8) is 0 Å². The van der Waals surface area contributed by atoms with E-state index in [2.05, 4.69) is 5.32 Å². The van der Waals surface area contributed by atoms with Crippen molar-refractivity contribution in [1.82, 2.24) is 5.32 Å². The highest BCUT2D eigenvalue weighted by Crippen LogP contribution is 2.35. The Bertz CT molecular complexity index is 1220. The molecule has 0 radical (unpaired) electrons. The molecule has 5 fully saturated rings. The van der Waals surface area contributed by atoms with Crippen LogP contribution in [-0.4, -0.2) is 228 Å². The Balaban J connectivity index is 1.34. The van der Waals surface area contributed by atoms with Gasteiger partial charge in [-0.25, -0.2) is 0 Å². The Kier molecular flexibility index (Phi) is 15.6. The lowest BCUT2D eigenvalue weighted by atomic mass is 9.95. The number of aliphatic hydroxyl groups excluding tert-OH is 12. The molecule has 13 N–H and O–H groups in total. The second kappa shape index (κ2) is 19.1. The normalized spacial score (nSPS) is 51.1. The largest absolute Gasteiger partial charge is 0.394 e. The van der Waals surface area contributed by atoms with E-state index in [4.69, 9.17) is 42.6 Å². The minimum atomic E-state index is -2.04. The molecule has 5 saturated heterocycles. The number of carbonyl (C=O) groups is 1. The van der Waals surface area contributed by atoms with E-state index >= 15 is 0 Å². The van der Waals surface area contributed by atoms with E-state index in [-0.39, 0.29) is 12.8 Å². The van der Waals surface area contributed by atoms with Crippen LogP contribution in [0.4, 0.5) is 0 Å². The molecule has 23 heteroatoms. The molecule has 0 aromatic carbocycles. The van der Waals surface area contributed by atoms with Gasteiger partial charge in [0.05, 0.1) is 44.2 Å². The Morgan fingerprint density at radius 1 is 0.564 bits per heavy atom. The van der Waals surface area contributed by atoms with Crippen LogP contribution in [0.2, 0.25) is 0 Å². The summed E-state index contributed by atoms with van der Waals surface area (Å²) in [4.78, 5) is 11.9. The molecule has 0 bridgehead atoms. The maximum Gasteiger partial charge on any atom is 0.217 e. The van der Waals surface area contributed by atoms with Crippen molar-refractivity contribution in [2.24, 2.45) is 0 Å². The maximum atomic E-state index is 11.9. The van der Waals surface area contributed by atoms with Crippen molar-refractivity contribution in [2.45, 2.75) is 175 Å². The zero-order valence-corrected chi connectivity index (χ0v) is 30.3. The van der Waals surface area contributed by atoms with Gasteiger partial charge in [0.2, 0.25) is 5.91 Å². The first kappa shape index (κ1) is 44.7. The third kappa shape index (κ3) is 10.1. The summed E-state index contributed by atoms with van der Waals surface area (Å²) in [6.07, 6.45) is -33.7. The molecule has 0 aromatic heterocycles. The van der Waals surface area contributed by atoms with E-state index in [1.54, 1.807) is 6.92 Å². The van der Waals surface area contributed by atoms with Crippen LogP contribution in [0.1, 0.15) is 33.6 Å². The van der Waals surface area contributed by atoms with Gasteiger partial charge < -0.3 is 109 Å². The van der Waals surface area contributed by atoms with Gasteiger partial charge >= 0.3 is 0 Å². The summed E-state index contributed by atoms with van der Waals surface area (Å²) in [5.41, 5.74) is 0. The van der Waals surface area contributed by atoms with Crippen LogP contribution in [0.5, 0.6) is 0 Å². The van der Waals surface area contributed by atoms with E-state index < -0.39 is 167 Å². The molecule has 1 unspecified atom stereocenters. The van der Waals surface area contributed by atoms with Gasteiger partial charge in [0.15, 0.2) is 31.5 Å². The Morgan fingerprint density at radius 2 is 1.07 bits per heavy atom. The first-order valence-corrected chi connectivity index (χ1v) is 18.1. The zero-order valence-electron chi connectivity index (χ0n) is 30.3. The van der Waals surface area contributed by atoms with E-state index in [1.165, 1.54) is 6.92 Å². The number of hydrogen-bond donors (Lipinski definition) is 13. The van der Waals surface area contributed by atoms with Gasteiger partial charge in [0.25, 0.3) is 0 Å². The van der Waals surface area contributed by atoms with Crippen LogP contribution in [0.15, 0.2) is 0 Å². The first-order valence-electron chi connectivity index (χ1n) is 18.1. The molecule has 55 heavy (non-hydrogen) atoms. The summed E-state index contributed by atoms with van der Waals surface area (Å²) < 4.78 is 50.9. The number of nitrogens with one attached hydrogen (secondary N) is 1. The average molecular weight is 806 g/mol. The van der Waals surface area contributed by atoms with E-state index in [9.17, 15) is 66.1 Å². The van der Waals surface area contributed by atoms with Crippen LogP contribution in [0, 0.1) is 0 Å². The van der Waals surface area contributed by atoms with Crippen molar-refractivity contribution < 1.29 is 109 Å². The van der Waals surface area contributed by atoms with Gasteiger partial charge in [-0.15, -0.1) is 0 Å². The predicted octanol–water partition coefficient (Wildman–Crippen LogP) is -7.67. The molecule has 1 amide bonds. The van der Waals surface area contributed by atoms with Crippen molar-refractivity contribution in [1.29, 1.82) is 0 Å². The van der Waals surface area contributed by atoms with Gasteiger partial charge in [-0.1, -0.05) is 0 Å². The Morgan fingerprint density at radius 3 is 1.67 bits per heavy atom. The topological polar surface area (TPSA) is 355 Å². The zero-order chi connectivity index (χ0) is 40.5. The Hall–Kier alpha value is -1.37. The Labute approximate surface area is 314 Å². The minimum absolute atomic E-state index is 0.0871. The van der Waals surface area contributed by atoms with Crippen molar-refractivity contribution >= 4 is 5.91 Å². The van der Waals surface area contributed by atoms with Gasteiger partial charge in [0.1, 0.15) is 85.4 Å². The molecule has 5 rings (SSSR count). The second-order valence-electron chi connectivity index (χ2n) is 14.5. The van der Waals surface area contributed by atoms with Gasteiger partial charge in [-0.05, 0) is 13.8 Å². The standard InChI is InChI=1S/C32H55NO22/c1-9-12(37)4-14(39)29(48-9)47-8-18-21(42)27(55-30-15(40)5-13(38)10(2)49-30)24(45)32(52-18)53-25-17(7-35)51-31(23(44)22(25)43)54-26-19(33-11(3)36)28(46)50-16(6-34)20(26)41/h9-10,12-32,34-35,37-46H,4-8H2,1-3H3,(H,33,36)/t9-,10-,12-,13-,14-,15-,16+,17+,18+,19+,20+,21+,22+,23+,24+,25-,26+,27-,28?,29+,30-,31+,32+/m0/s1. The average Bonchev–Trinajstić information content (AvgIpc) is 3.13. The molecule has 5 aliphatic heterocycles. The molecular formula is C32H55NO22. The van der Waals surface area contributed by atoms with Gasteiger partial charge in [-0.2, -0.15) is 0 Å². The van der Waals surface area contributed by atoms with Crippen LogP contribution < -0.4 is 5.32 Å². The van der Waals surface area contributed by atoms with Crippen molar-refractivity contribution in [2.75, 3.05) is 19.8 Å². The summed E-state index contributed by atoms with van der Waals surface area (Å²) >= 11 is 0. The number of carbonyl (C=O) groups excluding carboxylic acids is 1. The molecule has 23 atom stereocenters. The predicted molar refractivity (Wildman–Crippen MR) is 173 cm³/mol. The van der Waals surface area contributed by atoms with Crippen molar-refractivity contribution in [3.8, 4) is 0 Å². The summed E-state index contributed by atoms with van der Waals surface area (Å²) in [7, 11) is 0. The van der Waals surface area contributed by atoms with E-state index in [0.717, 1.165) is 6.92 Å². The second-order valence-corrected chi connectivity index (χ2v) is 14.5. The quantitative estimate of drug-likeness (QED) is 0.0871. The summed E-state index contributed by atoms with van der Waals surface area (Å²) in [6, 6.07) is -1.45. The lowest BCUT2D eigenvalue weighted by molar-refractivity contribution is -0.385. The highest BCUT2D eigenvalue weighted by molar-refractivity contribution is 5.73. The molecule has 0 aliphatic carbocycles. The minimum Gasteiger partial charge on any atom is -0.394 e. The first-order chi connectivity index (χ1) is 25.9. The van der Waals surface area contributed by atoms with Crippen LogP contribution in [0.25, 0.3) is 0 Å². The van der Waals surface area contributed by atoms with Crippen LogP contribution in [0.3, 0.4) is 0 Å². The fourth-order valence-corrected chi connectivity index (χ4v) is 7.09. The van der Waals surface area contributed by atoms with Crippen LogP contribution >= 0.6 is 0 Å². The third-order valence-corrected chi connectivity index (χ3v) is 10.4. The summed E-state index contributed by atoms with van der Waals surface area (Å²) in [5, 5.41) is 130. The molecule has 320 valence electrons. The highest BCUT2D eigenvalue weighted by atomic mass is 16.8. The third-order valence-electron chi connectivity index (χ3n) is 10.4. The molecule has 23 nitrogen and oxygen atoms in total. The maximum absolute atomic E-state index is 11.9. The number of ether oxygens (including phenoxy) is 9. The van der Waals surface area contributed by atoms with Gasteiger partial charge in [-0.3, -0.25) is 4.79 Å². The monoisotopic (exact) mass is 805 g/mol. The number of amides is 1. The molecule has 0 saturated carbocycles. The molecule has 5 aliphatic rings. The van der Waals surface area contributed by atoms with Crippen LogP contribution in [-0.2, 0) is 47.4 Å².